The molecule has 10 heteroatoms. The lowest BCUT2D eigenvalue weighted by Gasteiger charge is -2.48. The molecule has 2 unspecified atom stereocenters. The number of rotatable bonds is 6. The van der Waals surface area contributed by atoms with Gasteiger partial charge in [0.15, 0.2) is 0 Å². The summed E-state index contributed by atoms with van der Waals surface area (Å²) in [7, 11) is -2.60. The van der Waals surface area contributed by atoms with Gasteiger partial charge in [-0.3, -0.25) is 4.68 Å². The average Bonchev–Trinajstić information content (AvgIpc) is 3.46. The maximum absolute atomic E-state index is 13.4. The van der Waals surface area contributed by atoms with Crippen molar-refractivity contribution in [3.63, 3.8) is 0 Å². The minimum Gasteiger partial charge on any atom is -0.346 e. The Morgan fingerprint density at radius 2 is 2.06 bits per heavy atom. The second kappa shape index (κ2) is 8.10. The fraction of sp³-hybridized carbons (Fsp3) is 0.304. The van der Waals surface area contributed by atoms with Gasteiger partial charge in [-0.2, -0.15) is 10.4 Å². The highest BCUT2D eigenvalue weighted by Crippen LogP contribution is 2.36. The molecule has 1 aliphatic rings. The SMILES string of the molecule is CC(N=S(C)(=O)N1CC(CC#N)(n2cc(-c3ncnc4[nH]ccc34)cn2)C1)c1ccccc1. The predicted molar refractivity (Wildman–Crippen MR) is 126 cm³/mol. The van der Waals surface area contributed by atoms with Gasteiger partial charge in [0.25, 0.3) is 0 Å². The summed E-state index contributed by atoms with van der Waals surface area (Å²) < 4.78 is 21.7. The van der Waals surface area contributed by atoms with Crippen molar-refractivity contribution in [1.82, 2.24) is 29.0 Å². The van der Waals surface area contributed by atoms with Crippen LogP contribution in [0.15, 0.2) is 65.7 Å². The summed E-state index contributed by atoms with van der Waals surface area (Å²) in [6.07, 6.45) is 8.93. The lowest BCUT2D eigenvalue weighted by Crippen LogP contribution is -2.63. The monoisotopic (exact) mass is 460 g/mol. The number of benzene rings is 1. The van der Waals surface area contributed by atoms with Crippen LogP contribution in [-0.2, 0) is 15.5 Å². The zero-order valence-electron chi connectivity index (χ0n) is 18.4. The summed E-state index contributed by atoms with van der Waals surface area (Å²) in [6.45, 7) is 2.82. The molecule has 0 radical (unpaired) electrons. The van der Waals surface area contributed by atoms with Gasteiger partial charge in [-0.05, 0) is 18.6 Å². The molecule has 0 aliphatic carbocycles. The molecule has 4 aromatic rings. The van der Waals surface area contributed by atoms with E-state index in [0.717, 1.165) is 27.9 Å². The minimum atomic E-state index is -2.60. The third kappa shape index (κ3) is 3.79. The Kier molecular flexibility index (Phi) is 5.23. The van der Waals surface area contributed by atoms with Crippen molar-refractivity contribution in [2.45, 2.75) is 24.9 Å². The Hall–Kier alpha value is -3.55. The van der Waals surface area contributed by atoms with Crippen LogP contribution in [0.2, 0.25) is 0 Å². The van der Waals surface area contributed by atoms with E-state index >= 15 is 0 Å². The summed E-state index contributed by atoms with van der Waals surface area (Å²) in [5.41, 5.74) is 2.85. The predicted octanol–water partition coefficient (Wildman–Crippen LogP) is 3.52. The maximum Gasteiger partial charge on any atom is 0.141 e. The molecule has 1 fully saturated rings. The molecule has 1 saturated heterocycles. The normalized spacial score (nSPS) is 18.2. The van der Waals surface area contributed by atoms with Gasteiger partial charge in [0, 0.05) is 42.7 Å². The van der Waals surface area contributed by atoms with Crippen molar-refractivity contribution in [1.29, 1.82) is 5.26 Å². The standard InChI is InChI=1S/C23H24N8OS/c1-17(18-6-4-3-5-7-18)29-33(2,32)30-14-23(15-30,9-10-24)31-13-19(12-28-31)21-20-8-11-25-22(20)27-16-26-21/h3-8,11-13,16-17H,9,14-15H2,1-2H3,(H,25,26,27). The summed E-state index contributed by atoms with van der Waals surface area (Å²) in [5.74, 6) is 0. The third-order valence-electron chi connectivity index (χ3n) is 6.16. The van der Waals surface area contributed by atoms with Crippen LogP contribution < -0.4 is 0 Å². The van der Waals surface area contributed by atoms with Gasteiger partial charge in [-0.25, -0.2) is 22.8 Å². The molecule has 0 saturated carbocycles. The first kappa shape index (κ1) is 21.3. The summed E-state index contributed by atoms with van der Waals surface area (Å²) in [6, 6.07) is 13.9. The average molecular weight is 461 g/mol. The molecule has 168 valence electrons. The Labute approximate surface area is 192 Å². The van der Waals surface area contributed by atoms with Crippen LogP contribution in [0.25, 0.3) is 22.3 Å². The number of H-pyrrole nitrogens is 1. The van der Waals surface area contributed by atoms with Crippen LogP contribution in [0.4, 0.5) is 0 Å². The van der Waals surface area contributed by atoms with E-state index in [1.165, 1.54) is 6.33 Å². The molecule has 4 heterocycles. The van der Waals surface area contributed by atoms with E-state index in [1.807, 2.05) is 64.7 Å². The minimum absolute atomic E-state index is 0.188. The van der Waals surface area contributed by atoms with Gasteiger partial charge in [-0.15, -0.1) is 0 Å². The van der Waals surface area contributed by atoms with Crippen LogP contribution in [0.3, 0.4) is 0 Å². The van der Waals surface area contributed by atoms with Crippen LogP contribution in [0, 0.1) is 11.3 Å². The molecule has 5 rings (SSSR count). The quantitative estimate of drug-likeness (QED) is 0.473. The molecule has 0 bridgehead atoms. The van der Waals surface area contributed by atoms with E-state index < -0.39 is 15.5 Å². The highest BCUT2D eigenvalue weighted by Gasteiger charge is 2.48. The maximum atomic E-state index is 13.4. The van der Waals surface area contributed by atoms with Crippen molar-refractivity contribution in [3.05, 3.63) is 66.9 Å². The summed E-state index contributed by atoms with van der Waals surface area (Å²) >= 11 is 0. The largest absolute Gasteiger partial charge is 0.346 e. The topological polar surface area (TPSA) is 116 Å². The Balaban J connectivity index is 1.41. The summed E-state index contributed by atoms with van der Waals surface area (Å²) in [5, 5.41) is 15.0. The fourth-order valence-corrected chi connectivity index (χ4v) is 6.10. The number of nitrogens with one attached hydrogen (secondary N) is 1. The van der Waals surface area contributed by atoms with Crippen LogP contribution >= 0.6 is 0 Å². The van der Waals surface area contributed by atoms with Crippen LogP contribution in [0.1, 0.15) is 24.9 Å². The molecular weight excluding hydrogens is 436 g/mol. The Bertz CT molecular complexity index is 1450. The molecule has 1 N–H and O–H groups in total. The number of aromatic amines is 1. The second-order valence-electron chi connectivity index (χ2n) is 8.45. The summed E-state index contributed by atoms with van der Waals surface area (Å²) in [4.78, 5) is 11.8. The second-order valence-corrected chi connectivity index (χ2v) is 10.7. The van der Waals surface area contributed by atoms with Crippen molar-refractivity contribution in [2.75, 3.05) is 19.3 Å². The highest BCUT2D eigenvalue weighted by molar-refractivity contribution is 7.90. The van der Waals surface area contributed by atoms with Gasteiger partial charge in [0.1, 0.15) is 27.4 Å². The van der Waals surface area contributed by atoms with Crippen molar-refractivity contribution in [3.8, 4) is 17.3 Å². The number of fused-ring (bicyclic) bond motifs is 1. The molecule has 3 aromatic heterocycles. The first-order valence-electron chi connectivity index (χ1n) is 10.6. The molecule has 0 spiro atoms. The first-order chi connectivity index (χ1) is 15.9. The smallest absolute Gasteiger partial charge is 0.141 e. The number of nitriles is 1. The third-order valence-corrected chi connectivity index (χ3v) is 8.08. The van der Waals surface area contributed by atoms with Crippen LogP contribution in [-0.4, -0.2) is 52.6 Å². The molecule has 1 aliphatic heterocycles. The van der Waals surface area contributed by atoms with E-state index in [2.05, 4.69) is 30.5 Å². The Morgan fingerprint density at radius 1 is 1.27 bits per heavy atom. The highest BCUT2D eigenvalue weighted by atomic mass is 32.2. The van der Waals surface area contributed by atoms with Gasteiger partial charge < -0.3 is 4.98 Å². The number of hydrogen-bond donors (Lipinski definition) is 1. The number of aromatic nitrogens is 5. The lowest BCUT2D eigenvalue weighted by molar-refractivity contribution is 0.0753. The zero-order chi connectivity index (χ0) is 23.1. The van der Waals surface area contributed by atoms with E-state index in [9.17, 15) is 9.47 Å². The molecule has 1 aromatic carbocycles. The lowest BCUT2D eigenvalue weighted by atomic mass is 9.89. The van der Waals surface area contributed by atoms with E-state index in [1.54, 1.807) is 12.5 Å². The fourth-order valence-electron chi connectivity index (χ4n) is 4.29. The molecule has 2 atom stereocenters. The van der Waals surface area contributed by atoms with Crippen molar-refractivity contribution >= 4 is 20.9 Å². The van der Waals surface area contributed by atoms with Gasteiger partial charge in [0.2, 0.25) is 0 Å². The zero-order valence-corrected chi connectivity index (χ0v) is 19.2. The van der Waals surface area contributed by atoms with Gasteiger partial charge >= 0.3 is 0 Å². The van der Waals surface area contributed by atoms with Crippen molar-refractivity contribution < 1.29 is 4.21 Å². The number of nitrogens with zero attached hydrogens (tertiary/aromatic N) is 7. The Morgan fingerprint density at radius 3 is 2.82 bits per heavy atom. The number of hydrogen-bond acceptors (Lipinski definition) is 6. The molecule has 33 heavy (non-hydrogen) atoms. The van der Waals surface area contributed by atoms with Gasteiger partial charge in [-0.1, -0.05) is 30.3 Å². The molecule has 9 nitrogen and oxygen atoms in total. The molecular formula is C23H24N8OS. The van der Waals surface area contributed by atoms with Crippen LogP contribution in [0.5, 0.6) is 0 Å². The van der Waals surface area contributed by atoms with E-state index in [0.29, 0.717) is 13.1 Å². The first-order valence-corrected chi connectivity index (χ1v) is 12.5. The van der Waals surface area contributed by atoms with E-state index in [-0.39, 0.29) is 12.5 Å². The van der Waals surface area contributed by atoms with E-state index in [4.69, 9.17) is 0 Å². The van der Waals surface area contributed by atoms with Gasteiger partial charge in [0.05, 0.1) is 30.4 Å². The molecule has 0 amide bonds. The van der Waals surface area contributed by atoms with Crippen molar-refractivity contribution in [2.24, 2.45) is 4.36 Å².